The van der Waals surface area contributed by atoms with Gasteiger partial charge in [0.05, 0.1) is 6.61 Å². The molecule has 7 heteroatoms. The van der Waals surface area contributed by atoms with Gasteiger partial charge in [0.2, 0.25) is 0 Å². The number of anilines is 1. The fraction of sp³-hybridized carbons (Fsp3) is 0.636. The summed E-state index contributed by atoms with van der Waals surface area (Å²) in [5.74, 6) is 0.705. The minimum Gasteiger partial charge on any atom is -0.381 e. The summed E-state index contributed by atoms with van der Waals surface area (Å²) in [5.41, 5.74) is -0.982. The molecule has 1 aromatic heterocycles. The lowest BCUT2D eigenvalue weighted by molar-refractivity contribution is -0.141. The van der Waals surface area contributed by atoms with Crippen LogP contribution in [0.15, 0.2) is 12.1 Å². The highest BCUT2D eigenvalue weighted by atomic mass is 19.4. The van der Waals surface area contributed by atoms with Gasteiger partial charge >= 0.3 is 6.18 Å². The minimum atomic E-state index is -4.45. The Bertz CT molecular complexity index is 388. The summed E-state index contributed by atoms with van der Waals surface area (Å²) in [6.45, 7) is 3.36. The molecular weight excluding hydrogens is 247 g/mol. The van der Waals surface area contributed by atoms with Crippen LogP contribution in [0, 0.1) is 5.92 Å². The first-order valence-corrected chi connectivity index (χ1v) is 5.72. The highest BCUT2D eigenvalue weighted by Crippen LogP contribution is 2.27. The molecule has 18 heavy (non-hydrogen) atoms. The molecule has 1 aliphatic heterocycles. The van der Waals surface area contributed by atoms with E-state index in [0.717, 1.165) is 19.1 Å². The quantitative estimate of drug-likeness (QED) is 0.907. The summed E-state index contributed by atoms with van der Waals surface area (Å²) in [5, 5.41) is 9.74. The smallest absolute Gasteiger partial charge is 0.381 e. The molecule has 0 bridgehead atoms. The third-order valence-electron chi connectivity index (χ3n) is 3.00. The fourth-order valence-electron chi connectivity index (χ4n) is 1.86. The summed E-state index contributed by atoms with van der Waals surface area (Å²) < 4.78 is 42.1. The first-order valence-electron chi connectivity index (χ1n) is 5.72. The minimum absolute atomic E-state index is 0.0959. The molecule has 1 fully saturated rings. The summed E-state index contributed by atoms with van der Waals surface area (Å²) in [6.07, 6.45) is -3.50. The molecule has 2 heterocycles. The van der Waals surface area contributed by atoms with Crippen LogP contribution >= 0.6 is 0 Å². The summed E-state index contributed by atoms with van der Waals surface area (Å²) >= 11 is 0. The van der Waals surface area contributed by atoms with Crippen LogP contribution in [0.2, 0.25) is 0 Å². The molecule has 0 amide bonds. The van der Waals surface area contributed by atoms with Gasteiger partial charge in [-0.1, -0.05) is 0 Å². The Morgan fingerprint density at radius 2 is 2.17 bits per heavy atom. The van der Waals surface area contributed by atoms with Gasteiger partial charge in [0.15, 0.2) is 5.69 Å². The van der Waals surface area contributed by atoms with Gasteiger partial charge in [-0.3, -0.25) is 0 Å². The maximum atomic E-state index is 12.3. The monoisotopic (exact) mass is 261 g/mol. The molecule has 0 spiro atoms. The Morgan fingerprint density at radius 1 is 1.39 bits per heavy atom. The number of aromatic nitrogens is 2. The molecule has 1 N–H and O–H groups in total. The molecule has 4 nitrogen and oxygen atoms in total. The van der Waals surface area contributed by atoms with E-state index in [1.54, 1.807) is 0 Å². The van der Waals surface area contributed by atoms with E-state index in [2.05, 4.69) is 15.5 Å². The Kier molecular flexibility index (Phi) is 3.70. The van der Waals surface area contributed by atoms with E-state index in [4.69, 9.17) is 4.74 Å². The first-order chi connectivity index (χ1) is 8.47. The molecule has 0 radical (unpaired) electrons. The number of nitrogens with one attached hydrogen (secondary N) is 1. The number of hydrogen-bond donors (Lipinski definition) is 1. The van der Waals surface area contributed by atoms with E-state index in [-0.39, 0.29) is 6.04 Å². The largest absolute Gasteiger partial charge is 0.435 e. The zero-order valence-corrected chi connectivity index (χ0v) is 9.87. The second-order valence-electron chi connectivity index (χ2n) is 4.36. The molecule has 0 aliphatic carbocycles. The van der Waals surface area contributed by atoms with Crippen LogP contribution in [-0.2, 0) is 10.9 Å². The van der Waals surface area contributed by atoms with Crippen LogP contribution in [-0.4, -0.2) is 29.5 Å². The number of halogens is 3. The molecule has 2 atom stereocenters. The number of hydrogen-bond acceptors (Lipinski definition) is 4. The third kappa shape index (κ3) is 3.10. The van der Waals surface area contributed by atoms with E-state index in [9.17, 15) is 13.2 Å². The second-order valence-corrected chi connectivity index (χ2v) is 4.36. The lowest BCUT2D eigenvalue weighted by Crippen LogP contribution is -2.26. The average molecular weight is 261 g/mol. The van der Waals surface area contributed by atoms with Crippen LogP contribution in [0.1, 0.15) is 19.0 Å². The fourth-order valence-corrected chi connectivity index (χ4v) is 1.86. The molecule has 1 aliphatic rings. The van der Waals surface area contributed by atoms with Crippen molar-refractivity contribution in [1.82, 2.24) is 10.2 Å². The molecule has 100 valence electrons. The summed E-state index contributed by atoms with van der Waals surface area (Å²) in [7, 11) is 0. The molecule has 2 rings (SSSR count). The van der Waals surface area contributed by atoms with Crippen molar-refractivity contribution in [3.63, 3.8) is 0 Å². The Morgan fingerprint density at radius 3 is 2.67 bits per heavy atom. The third-order valence-corrected chi connectivity index (χ3v) is 3.00. The van der Waals surface area contributed by atoms with Gasteiger partial charge in [0.25, 0.3) is 0 Å². The molecule has 1 saturated heterocycles. The van der Waals surface area contributed by atoms with Crippen LogP contribution in [0.25, 0.3) is 0 Å². The summed E-state index contributed by atoms with van der Waals surface area (Å²) in [6, 6.07) is 2.31. The summed E-state index contributed by atoms with van der Waals surface area (Å²) in [4.78, 5) is 0. The number of nitrogens with zero attached hydrogens (tertiary/aromatic N) is 2. The Balaban J connectivity index is 1.97. The standard InChI is InChI=1S/C11H14F3N3O/c1-7(8-4-5-18-6-8)15-10-3-2-9(16-17-10)11(12,13)14/h2-3,7-8H,4-6H2,1H3,(H,15,17). The first kappa shape index (κ1) is 13.1. The van der Waals surface area contributed by atoms with Crippen molar-refractivity contribution in [2.45, 2.75) is 25.6 Å². The zero-order valence-electron chi connectivity index (χ0n) is 9.87. The highest BCUT2D eigenvalue weighted by molar-refractivity contribution is 5.34. The van der Waals surface area contributed by atoms with Crippen LogP contribution in [0.5, 0.6) is 0 Å². The highest BCUT2D eigenvalue weighted by Gasteiger charge is 2.33. The average Bonchev–Trinajstić information content (AvgIpc) is 2.82. The van der Waals surface area contributed by atoms with Crippen LogP contribution in [0.3, 0.4) is 0 Å². The van der Waals surface area contributed by atoms with Crippen molar-refractivity contribution < 1.29 is 17.9 Å². The zero-order chi connectivity index (χ0) is 13.2. The van der Waals surface area contributed by atoms with E-state index in [0.29, 0.717) is 18.3 Å². The van der Waals surface area contributed by atoms with Crippen molar-refractivity contribution >= 4 is 5.82 Å². The SMILES string of the molecule is CC(Nc1ccc(C(F)(F)F)nn1)C1CCOC1. The van der Waals surface area contributed by atoms with Gasteiger partial charge in [0, 0.05) is 18.6 Å². The molecule has 0 saturated carbocycles. The van der Waals surface area contributed by atoms with Crippen LogP contribution in [0.4, 0.5) is 19.0 Å². The van der Waals surface area contributed by atoms with E-state index in [1.807, 2.05) is 6.92 Å². The van der Waals surface area contributed by atoms with Gasteiger partial charge in [-0.15, -0.1) is 10.2 Å². The van der Waals surface area contributed by atoms with Crippen molar-refractivity contribution in [2.24, 2.45) is 5.92 Å². The van der Waals surface area contributed by atoms with Crippen molar-refractivity contribution in [1.29, 1.82) is 0 Å². The molecular formula is C11H14F3N3O. The lowest BCUT2D eigenvalue weighted by atomic mass is 10.0. The van der Waals surface area contributed by atoms with Gasteiger partial charge in [0.1, 0.15) is 5.82 Å². The lowest BCUT2D eigenvalue weighted by Gasteiger charge is -2.19. The Hall–Kier alpha value is -1.37. The second kappa shape index (κ2) is 5.09. The van der Waals surface area contributed by atoms with Crippen molar-refractivity contribution in [2.75, 3.05) is 18.5 Å². The van der Waals surface area contributed by atoms with Crippen molar-refractivity contribution in [3.8, 4) is 0 Å². The Labute approximate surface area is 103 Å². The normalized spacial score (nSPS) is 21.9. The molecule has 0 aromatic carbocycles. The van der Waals surface area contributed by atoms with Crippen molar-refractivity contribution in [3.05, 3.63) is 17.8 Å². The molecule has 2 unspecified atom stereocenters. The van der Waals surface area contributed by atoms with E-state index >= 15 is 0 Å². The van der Waals surface area contributed by atoms with E-state index in [1.165, 1.54) is 6.07 Å². The number of alkyl halides is 3. The van der Waals surface area contributed by atoms with E-state index < -0.39 is 11.9 Å². The maximum Gasteiger partial charge on any atom is 0.435 e. The molecule has 1 aromatic rings. The number of rotatable bonds is 3. The predicted molar refractivity (Wildman–Crippen MR) is 59.0 cm³/mol. The maximum absolute atomic E-state index is 12.3. The van der Waals surface area contributed by atoms with Gasteiger partial charge in [-0.25, -0.2) is 0 Å². The van der Waals surface area contributed by atoms with Gasteiger partial charge < -0.3 is 10.1 Å². The van der Waals surface area contributed by atoms with Gasteiger partial charge in [-0.2, -0.15) is 13.2 Å². The topological polar surface area (TPSA) is 47.0 Å². The van der Waals surface area contributed by atoms with Gasteiger partial charge in [-0.05, 0) is 25.5 Å². The van der Waals surface area contributed by atoms with Crippen LogP contribution < -0.4 is 5.32 Å². The number of ether oxygens (including phenoxy) is 1. The predicted octanol–water partition coefficient (Wildman–Crippen LogP) is 2.33.